The average molecular weight is 757 g/mol. The average Bonchev–Trinajstić information content (AvgIpc) is 3.86. The first-order chi connectivity index (χ1) is 29.2. The maximum atomic E-state index is 14.9. The molecule has 8 aromatic carbocycles. The molecule has 0 bridgehead atoms. The van der Waals surface area contributed by atoms with Gasteiger partial charge in [0.2, 0.25) is 5.78 Å². The molecule has 0 fully saturated rings. The van der Waals surface area contributed by atoms with Crippen LogP contribution in [-0.2, 0) is 0 Å². The number of para-hydroxylation sites is 3. The number of hydrogen-bond donors (Lipinski definition) is 0. The molecule has 0 N–H and O–H groups in total. The molecule has 0 atom stereocenters. The lowest BCUT2D eigenvalue weighted by atomic mass is 10.0. The van der Waals surface area contributed by atoms with Crippen molar-refractivity contribution in [3.63, 3.8) is 0 Å². The predicted molar refractivity (Wildman–Crippen MR) is 240 cm³/mol. The van der Waals surface area contributed by atoms with E-state index >= 15 is 0 Å². The molecule has 4 heterocycles. The molecule has 0 radical (unpaired) electrons. The van der Waals surface area contributed by atoms with Crippen molar-refractivity contribution in [1.82, 2.24) is 28.5 Å². The van der Waals surface area contributed by atoms with Gasteiger partial charge < -0.3 is 0 Å². The van der Waals surface area contributed by atoms with E-state index in [1.54, 1.807) is 0 Å². The van der Waals surface area contributed by atoms with E-state index in [0.717, 1.165) is 88.6 Å². The van der Waals surface area contributed by atoms with Crippen molar-refractivity contribution >= 4 is 60.4 Å². The van der Waals surface area contributed by atoms with E-state index in [-0.39, 0.29) is 5.56 Å². The van der Waals surface area contributed by atoms with Crippen molar-refractivity contribution in [3.05, 3.63) is 204 Å². The molecule has 7 nitrogen and oxygen atoms in total. The van der Waals surface area contributed by atoms with E-state index < -0.39 is 0 Å². The Bertz CT molecular complexity index is 3680. The van der Waals surface area contributed by atoms with Crippen molar-refractivity contribution in [2.45, 2.75) is 0 Å². The minimum Gasteiger partial charge on any atom is -0.293 e. The summed E-state index contributed by atoms with van der Waals surface area (Å²) in [7, 11) is 0. The Kier molecular flexibility index (Phi) is 7.24. The Hall–Kier alpha value is -8.16. The number of benzene rings is 8. The molecule has 0 saturated heterocycles. The number of fused-ring (bicyclic) bond motifs is 9. The van der Waals surface area contributed by atoms with Gasteiger partial charge in [-0.3, -0.25) is 13.9 Å². The van der Waals surface area contributed by atoms with Crippen LogP contribution in [0.2, 0.25) is 0 Å². The largest absolute Gasteiger partial charge is 0.293 e. The summed E-state index contributed by atoms with van der Waals surface area (Å²) in [6.45, 7) is 0. The van der Waals surface area contributed by atoms with Crippen molar-refractivity contribution in [2.24, 2.45) is 0 Å². The number of rotatable bonds is 5. The van der Waals surface area contributed by atoms with Gasteiger partial charge in [0.25, 0.3) is 5.56 Å². The Morgan fingerprint density at radius 1 is 0.390 bits per heavy atom. The maximum Gasteiger partial charge on any atom is 0.267 e. The van der Waals surface area contributed by atoms with Gasteiger partial charge in [-0.25, -0.2) is 19.4 Å². The third-order valence-electron chi connectivity index (χ3n) is 11.5. The standard InChI is InChI=1S/C52H32N6O/c59-51-41-22-9-12-25-45(41)56(38-19-13-18-37(32-38)34-16-5-2-6-17-34)52-54-43-30-31-46-47(48(43)58(51)52)40-21-8-11-24-44(40)57(46)50-39-20-7-10-23-42(39)53-49(55-50)36-28-26-35(27-29-36)33-14-3-1-4-15-33/h1-32H. The monoisotopic (exact) mass is 756 g/mol. The summed E-state index contributed by atoms with van der Waals surface area (Å²) in [5, 5.41) is 3.45. The molecule has 4 aromatic heterocycles. The normalized spacial score (nSPS) is 11.8. The molecule has 12 aromatic rings. The maximum absolute atomic E-state index is 14.9. The van der Waals surface area contributed by atoms with Gasteiger partial charge in [-0.05, 0) is 76.9 Å². The second-order valence-electron chi connectivity index (χ2n) is 14.8. The fourth-order valence-electron chi connectivity index (χ4n) is 8.77. The van der Waals surface area contributed by atoms with Crippen molar-refractivity contribution in [2.75, 3.05) is 0 Å². The molecule has 0 amide bonds. The lowest BCUT2D eigenvalue weighted by Gasteiger charge is -2.14. The van der Waals surface area contributed by atoms with Crippen LogP contribution in [0.5, 0.6) is 0 Å². The Morgan fingerprint density at radius 2 is 0.983 bits per heavy atom. The van der Waals surface area contributed by atoms with E-state index in [1.165, 1.54) is 0 Å². The molecule has 276 valence electrons. The quantitative estimate of drug-likeness (QED) is 0.175. The first-order valence-electron chi connectivity index (χ1n) is 19.7. The van der Waals surface area contributed by atoms with E-state index in [2.05, 4.69) is 130 Å². The highest BCUT2D eigenvalue weighted by molar-refractivity contribution is 6.21. The van der Waals surface area contributed by atoms with E-state index in [4.69, 9.17) is 15.0 Å². The summed E-state index contributed by atoms with van der Waals surface area (Å²) in [4.78, 5) is 30.6. The summed E-state index contributed by atoms with van der Waals surface area (Å²) in [6.07, 6.45) is 0. The topological polar surface area (TPSA) is 70.0 Å². The third kappa shape index (κ3) is 5.08. The first-order valence-corrected chi connectivity index (χ1v) is 19.7. The van der Waals surface area contributed by atoms with Crippen LogP contribution in [0.25, 0.3) is 106 Å². The molecule has 0 unspecified atom stereocenters. The van der Waals surface area contributed by atoms with Crippen molar-refractivity contribution in [3.8, 4) is 45.1 Å². The van der Waals surface area contributed by atoms with Crippen LogP contribution in [0.4, 0.5) is 0 Å². The highest BCUT2D eigenvalue weighted by Gasteiger charge is 2.24. The number of nitrogens with zero attached hydrogens (tertiary/aromatic N) is 6. The molecular weight excluding hydrogens is 725 g/mol. The lowest BCUT2D eigenvalue weighted by Crippen LogP contribution is -2.18. The van der Waals surface area contributed by atoms with Gasteiger partial charge in [0, 0.05) is 27.4 Å². The Labute approximate surface area is 337 Å². The molecular formula is C52H32N6O. The minimum atomic E-state index is -0.119. The van der Waals surface area contributed by atoms with Gasteiger partial charge >= 0.3 is 0 Å². The van der Waals surface area contributed by atoms with Crippen molar-refractivity contribution in [1.29, 1.82) is 0 Å². The van der Waals surface area contributed by atoms with Gasteiger partial charge in [-0.1, -0.05) is 140 Å². The second kappa shape index (κ2) is 12.9. The van der Waals surface area contributed by atoms with Crippen LogP contribution in [-0.4, -0.2) is 28.5 Å². The first kappa shape index (κ1) is 33.0. The lowest BCUT2D eigenvalue weighted by molar-refractivity contribution is 1.02. The molecule has 12 rings (SSSR count). The molecule has 7 heteroatoms. The van der Waals surface area contributed by atoms with Gasteiger partial charge in [0.1, 0.15) is 5.82 Å². The Balaban J connectivity index is 1.14. The SMILES string of the molecule is O=c1c2ccccc2n(-c2cccc(-c3ccccc3)c2)c2nc3ccc4c(c5ccccc5n4-c4nc(-c5ccc(-c6ccccc6)cc5)nc5ccccc45)c3n12. The highest BCUT2D eigenvalue weighted by Crippen LogP contribution is 2.39. The zero-order valence-electron chi connectivity index (χ0n) is 31.6. The molecule has 59 heavy (non-hydrogen) atoms. The van der Waals surface area contributed by atoms with Gasteiger partial charge in [-0.2, -0.15) is 0 Å². The van der Waals surface area contributed by atoms with Crippen LogP contribution in [0.3, 0.4) is 0 Å². The molecule has 0 aliphatic rings. The number of hydrogen-bond acceptors (Lipinski definition) is 4. The van der Waals surface area contributed by atoms with E-state index in [9.17, 15) is 4.79 Å². The molecule has 0 saturated carbocycles. The van der Waals surface area contributed by atoms with E-state index in [0.29, 0.717) is 17.0 Å². The minimum absolute atomic E-state index is 0.119. The zero-order valence-corrected chi connectivity index (χ0v) is 31.6. The fourth-order valence-corrected chi connectivity index (χ4v) is 8.77. The number of imidazole rings is 1. The van der Waals surface area contributed by atoms with Crippen molar-refractivity contribution < 1.29 is 0 Å². The summed E-state index contributed by atoms with van der Waals surface area (Å²) in [6, 6.07) is 66.0. The van der Waals surface area contributed by atoms with Gasteiger partial charge in [0.05, 0.1) is 38.5 Å². The van der Waals surface area contributed by atoms with E-state index in [1.807, 2.05) is 77.2 Å². The molecule has 0 aliphatic carbocycles. The van der Waals surface area contributed by atoms with Crippen LogP contribution < -0.4 is 5.56 Å². The summed E-state index contributed by atoms with van der Waals surface area (Å²) < 4.78 is 6.14. The van der Waals surface area contributed by atoms with Crippen LogP contribution in [0.15, 0.2) is 199 Å². The van der Waals surface area contributed by atoms with Crippen LogP contribution in [0.1, 0.15) is 0 Å². The predicted octanol–water partition coefficient (Wildman–Crippen LogP) is 11.8. The highest BCUT2D eigenvalue weighted by atomic mass is 16.1. The summed E-state index contributed by atoms with van der Waals surface area (Å²) >= 11 is 0. The molecule has 0 aliphatic heterocycles. The van der Waals surface area contributed by atoms with Crippen LogP contribution >= 0.6 is 0 Å². The molecule has 0 spiro atoms. The second-order valence-corrected chi connectivity index (χ2v) is 14.8. The van der Waals surface area contributed by atoms with Gasteiger partial charge in [0.15, 0.2) is 5.82 Å². The van der Waals surface area contributed by atoms with Crippen LogP contribution in [0, 0.1) is 0 Å². The smallest absolute Gasteiger partial charge is 0.267 e. The third-order valence-corrected chi connectivity index (χ3v) is 11.5. The summed E-state index contributed by atoms with van der Waals surface area (Å²) in [5.74, 6) is 1.94. The number of aromatic nitrogens is 6. The zero-order chi connectivity index (χ0) is 39.0. The fraction of sp³-hybridized carbons (Fsp3) is 0. The Morgan fingerprint density at radius 3 is 1.75 bits per heavy atom. The van der Waals surface area contributed by atoms with Gasteiger partial charge in [-0.15, -0.1) is 0 Å². The summed E-state index contributed by atoms with van der Waals surface area (Å²) in [5.41, 5.74) is 11.2.